The molecule has 1 aromatic heterocycles. The minimum Gasteiger partial charge on any atom is -0.382 e. The molecule has 36 heavy (non-hydrogen) atoms. The molecule has 8 N–H and O–H groups in total. The lowest BCUT2D eigenvalue weighted by Gasteiger charge is -2.21. The fraction of sp³-hybridized carbons (Fsp3) is 0.538. The van der Waals surface area contributed by atoms with Crippen molar-refractivity contribution in [2.45, 2.75) is 24.9 Å². The van der Waals surface area contributed by atoms with Gasteiger partial charge in [0, 0.05) is 17.5 Å². The van der Waals surface area contributed by atoms with E-state index in [0.29, 0.717) is 0 Å². The van der Waals surface area contributed by atoms with Gasteiger partial charge in [-0.15, -0.1) is 0 Å². The minimum absolute atomic E-state index is 0.00348. The van der Waals surface area contributed by atoms with E-state index in [1.165, 1.54) is 6.20 Å². The highest BCUT2D eigenvalue weighted by molar-refractivity contribution is 7.66. The molecule has 0 aliphatic carbocycles. The second kappa shape index (κ2) is 12.4. The van der Waals surface area contributed by atoms with E-state index in [1.54, 1.807) is 0 Å². The number of phosphoric ester groups is 1. The van der Waals surface area contributed by atoms with Crippen molar-refractivity contribution in [2.75, 3.05) is 25.6 Å². The molecule has 20 nitrogen and oxygen atoms in total. The third-order valence-electron chi connectivity index (χ3n) is 4.02. The van der Waals surface area contributed by atoms with Crippen molar-refractivity contribution in [1.82, 2.24) is 9.55 Å². The number of aromatic nitrogens is 2. The van der Waals surface area contributed by atoms with Crippen LogP contribution in [0.5, 0.6) is 0 Å². The summed E-state index contributed by atoms with van der Waals surface area (Å²) in [5.41, 5.74) is 18.7. The number of hydrogen-bond donors (Lipinski definition) is 6. The number of nitrogens with zero attached hydrogens (tertiary/aromatic N) is 5. The summed E-state index contributed by atoms with van der Waals surface area (Å²) in [4.78, 5) is 54.5. The van der Waals surface area contributed by atoms with E-state index in [-0.39, 0.29) is 24.3 Å². The van der Waals surface area contributed by atoms with Crippen molar-refractivity contribution < 1.29 is 55.9 Å². The van der Waals surface area contributed by atoms with Crippen LogP contribution in [0, 0.1) is 11.8 Å². The smallest absolute Gasteiger partial charge is 0.382 e. The first kappa shape index (κ1) is 30.1. The normalized spacial score (nSPS) is 23.1. The molecule has 1 aliphatic rings. The third kappa shape index (κ3) is 9.37. The molecule has 5 atom stereocenters. The van der Waals surface area contributed by atoms with E-state index >= 15 is 0 Å². The highest BCUT2D eigenvalue weighted by Gasteiger charge is 2.43. The summed E-state index contributed by atoms with van der Waals surface area (Å²) < 4.78 is 58.0. The van der Waals surface area contributed by atoms with E-state index in [1.807, 2.05) is 0 Å². The van der Waals surface area contributed by atoms with Crippen molar-refractivity contribution in [1.29, 1.82) is 0 Å². The first-order chi connectivity index (χ1) is 16.7. The first-order valence-electron chi connectivity index (χ1n) is 9.30. The number of azide groups is 1. The average Bonchev–Trinajstić information content (AvgIpc) is 3.12. The van der Waals surface area contributed by atoms with Gasteiger partial charge in [-0.3, -0.25) is 9.09 Å². The van der Waals surface area contributed by atoms with Crippen LogP contribution in [0.25, 0.3) is 10.4 Å². The molecule has 1 fully saturated rings. The summed E-state index contributed by atoms with van der Waals surface area (Å²) >= 11 is 0. The molecule has 0 saturated carbocycles. The number of phosphoric acid groups is 3. The van der Waals surface area contributed by atoms with Crippen LogP contribution in [0.1, 0.15) is 18.2 Å². The summed E-state index contributed by atoms with van der Waals surface area (Å²) in [6.45, 7) is -1.39. The van der Waals surface area contributed by atoms with Gasteiger partial charge in [-0.2, -0.15) is 13.6 Å². The van der Waals surface area contributed by atoms with Crippen molar-refractivity contribution in [3.05, 3.63) is 32.7 Å². The molecule has 0 amide bonds. The molecule has 0 spiro atoms. The lowest BCUT2D eigenvalue weighted by molar-refractivity contribution is -0.0601. The van der Waals surface area contributed by atoms with Crippen molar-refractivity contribution in [3.63, 3.8) is 0 Å². The zero-order valence-corrected chi connectivity index (χ0v) is 20.5. The van der Waals surface area contributed by atoms with Gasteiger partial charge in [0.25, 0.3) is 0 Å². The van der Waals surface area contributed by atoms with E-state index in [2.05, 4.69) is 40.0 Å². The number of anilines is 1. The van der Waals surface area contributed by atoms with Crippen LogP contribution >= 0.6 is 23.5 Å². The van der Waals surface area contributed by atoms with Gasteiger partial charge >= 0.3 is 29.2 Å². The Hall–Kier alpha value is -2.16. The molecule has 0 radical (unpaired) electrons. The Balaban J connectivity index is 2.22. The van der Waals surface area contributed by atoms with Crippen molar-refractivity contribution >= 4 is 29.3 Å². The second-order valence-corrected chi connectivity index (χ2v) is 11.0. The summed E-state index contributed by atoms with van der Waals surface area (Å²) in [7, 11) is -16.8. The summed E-state index contributed by atoms with van der Waals surface area (Å²) in [6, 6.07) is 0. The van der Waals surface area contributed by atoms with Crippen LogP contribution in [0.2, 0.25) is 0 Å². The Labute approximate surface area is 201 Å². The minimum atomic E-state index is -5.74. The van der Waals surface area contributed by atoms with Crippen LogP contribution in [0.15, 0.2) is 16.1 Å². The maximum Gasteiger partial charge on any atom is 0.490 e. The first-order valence-corrected chi connectivity index (χ1v) is 13.8. The Bertz CT molecular complexity index is 1270. The number of nitrogen functional groups attached to an aromatic ring is 1. The molecule has 23 heteroatoms. The molecule has 2 rings (SSSR count). The average molecular weight is 575 g/mol. The Morgan fingerprint density at radius 2 is 1.97 bits per heavy atom. The summed E-state index contributed by atoms with van der Waals surface area (Å²) in [5.74, 6) is 4.99. The fourth-order valence-electron chi connectivity index (χ4n) is 2.75. The molecule has 200 valence electrons. The molecule has 2 heterocycles. The Kier molecular flexibility index (Phi) is 10.3. The van der Waals surface area contributed by atoms with E-state index in [9.17, 15) is 28.3 Å². The van der Waals surface area contributed by atoms with Gasteiger partial charge in [0.05, 0.1) is 24.8 Å². The van der Waals surface area contributed by atoms with Gasteiger partial charge in [0.15, 0.2) is 0 Å². The maximum atomic E-state index is 12.4. The zero-order valence-electron chi connectivity index (χ0n) is 17.8. The lowest BCUT2D eigenvalue weighted by Crippen LogP contribution is -2.29. The molecular weight excluding hydrogens is 555 g/mol. The number of nitrogens with two attached hydrogens (primary N) is 2. The Morgan fingerprint density at radius 1 is 1.28 bits per heavy atom. The van der Waals surface area contributed by atoms with Crippen molar-refractivity contribution in [3.8, 4) is 11.8 Å². The predicted molar refractivity (Wildman–Crippen MR) is 116 cm³/mol. The highest BCUT2D eigenvalue weighted by atomic mass is 31.3. The standard InChI is InChI=1S/C13H20N7O13P3/c14-3-1-2-8-5-20(13(21)18-12(8)15)11-4-9(29-7-17-19-16)10(31-11)6-30-35(25,26)33-36(27,28)32-34(22,23)24/h5,9-11H,3-4,6-7,14H2,(H,25,26)(H,27,28)(H2,15,18,21)(H2,22,23,24)/t9-,10-,11-/m1/s1. The van der Waals surface area contributed by atoms with Gasteiger partial charge in [-0.1, -0.05) is 17.0 Å². The molecule has 0 bridgehead atoms. The van der Waals surface area contributed by atoms with Crippen LogP contribution < -0.4 is 17.2 Å². The zero-order chi connectivity index (χ0) is 27.1. The molecule has 1 saturated heterocycles. The van der Waals surface area contributed by atoms with Crippen molar-refractivity contribution in [2.24, 2.45) is 10.8 Å². The summed E-state index contributed by atoms with van der Waals surface area (Å²) in [5, 5.41) is 3.18. The third-order valence-corrected chi connectivity index (χ3v) is 7.83. The van der Waals surface area contributed by atoms with Crippen LogP contribution in [0.3, 0.4) is 0 Å². The van der Waals surface area contributed by atoms with E-state index in [4.69, 9.17) is 36.3 Å². The topological polar surface area (TPSA) is 314 Å². The SMILES string of the molecule is [N-]=[N+]=NCO[C@@H]1C[C@H](n2cc(C#CCN)c(N)nc2=O)O[C@@H]1COP(=O)(O)OP(=O)(O)OP(=O)(O)O. The molecule has 2 unspecified atom stereocenters. The van der Waals surface area contributed by atoms with Gasteiger partial charge in [0.1, 0.15) is 24.9 Å². The Morgan fingerprint density at radius 3 is 2.58 bits per heavy atom. The monoisotopic (exact) mass is 575 g/mol. The number of rotatable bonds is 11. The van der Waals surface area contributed by atoms with Crippen LogP contribution in [-0.4, -0.2) is 61.2 Å². The molecule has 1 aliphatic heterocycles. The quantitative estimate of drug-likeness (QED) is 0.0632. The highest BCUT2D eigenvalue weighted by Crippen LogP contribution is 2.66. The van der Waals surface area contributed by atoms with Gasteiger partial charge in [-0.05, 0) is 5.53 Å². The summed E-state index contributed by atoms with van der Waals surface area (Å²) in [6.07, 6.45) is -2.30. The maximum absolute atomic E-state index is 12.4. The fourth-order valence-corrected chi connectivity index (χ4v) is 5.78. The lowest BCUT2D eigenvalue weighted by atomic mass is 10.2. The van der Waals surface area contributed by atoms with Gasteiger partial charge in [-0.25, -0.2) is 18.5 Å². The van der Waals surface area contributed by atoms with Crippen LogP contribution in [-0.2, 0) is 36.3 Å². The largest absolute Gasteiger partial charge is 0.490 e. The second-order valence-electron chi connectivity index (χ2n) is 6.55. The predicted octanol–water partition coefficient (Wildman–Crippen LogP) is -0.580. The number of ether oxygens (including phenoxy) is 2. The molecule has 1 aromatic rings. The molecular formula is C13H20N7O13P3. The van der Waals surface area contributed by atoms with Gasteiger partial charge in [0.2, 0.25) is 0 Å². The van der Waals surface area contributed by atoms with Crippen LogP contribution in [0.4, 0.5) is 5.82 Å². The number of hydrogen-bond acceptors (Lipinski definition) is 13. The van der Waals surface area contributed by atoms with E-state index in [0.717, 1.165) is 4.57 Å². The van der Waals surface area contributed by atoms with Gasteiger partial charge < -0.3 is 40.5 Å². The van der Waals surface area contributed by atoms with E-state index < -0.39 is 60.9 Å². The molecule has 0 aromatic carbocycles.